The Hall–Kier alpha value is -3.35. The van der Waals surface area contributed by atoms with Crippen LogP contribution in [-0.2, 0) is 4.79 Å². The van der Waals surface area contributed by atoms with Crippen LogP contribution >= 0.6 is 0 Å². The smallest absolute Gasteiger partial charge is 0.312 e. The standard InChI is InChI=1S/C17H18N4O3/c18-16(23)12-6-8-13(9-7-12)20-15(22)10-14(21-17(19)24)11-4-2-1-3-5-11/h1-9,14H,10H2,(H2,18,23)(H,20,22)(H3,19,21,24). The highest BCUT2D eigenvalue weighted by molar-refractivity contribution is 5.95. The fourth-order valence-corrected chi connectivity index (χ4v) is 2.22. The van der Waals surface area contributed by atoms with Crippen LogP contribution in [-0.4, -0.2) is 17.8 Å². The predicted molar refractivity (Wildman–Crippen MR) is 90.1 cm³/mol. The summed E-state index contributed by atoms with van der Waals surface area (Å²) in [5, 5.41) is 5.25. The molecule has 2 rings (SSSR count). The van der Waals surface area contributed by atoms with Gasteiger partial charge < -0.3 is 22.1 Å². The second-order valence-corrected chi connectivity index (χ2v) is 5.17. The van der Waals surface area contributed by atoms with E-state index in [-0.39, 0.29) is 12.3 Å². The Labute approximate surface area is 139 Å². The van der Waals surface area contributed by atoms with E-state index in [0.29, 0.717) is 11.3 Å². The third kappa shape index (κ3) is 4.84. The van der Waals surface area contributed by atoms with Gasteiger partial charge in [0.2, 0.25) is 11.8 Å². The monoisotopic (exact) mass is 326 g/mol. The van der Waals surface area contributed by atoms with Crippen LogP contribution in [0.5, 0.6) is 0 Å². The van der Waals surface area contributed by atoms with E-state index in [1.807, 2.05) is 18.2 Å². The first-order valence-corrected chi connectivity index (χ1v) is 7.26. The fourth-order valence-electron chi connectivity index (χ4n) is 2.22. The summed E-state index contributed by atoms with van der Waals surface area (Å²) in [5.41, 5.74) is 12.0. The topological polar surface area (TPSA) is 127 Å². The highest BCUT2D eigenvalue weighted by Gasteiger charge is 2.17. The molecular weight excluding hydrogens is 308 g/mol. The lowest BCUT2D eigenvalue weighted by molar-refractivity contribution is -0.116. The van der Waals surface area contributed by atoms with E-state index in [1.165, 1.54) is 12.1 Å². The van der Waals surface area contributed by atoms with Gasteiger partial charge in [0, 0.05) is 11.3 Å². The third-order valence-electron chi connectivity index (χ3n) is 3.36. The van der Waals surface area contributed by atoms with E-state index in [1.54, 1.807) is 24.3 Å². The zero-order valence-electron chi connectivity index (χ0n) is 12.9. The molecule has 0 radical (unpaired) electrons. The molecule has 124 valence electrons. The summed E-state index contributed by atoms with van der Waals surface area (Å²) in [5.74, 6) is -0.841. The first-order chi connectivity index (χ1) is 11.5. The van der Waals surface area contributed by atoms with E-state index in [4.69, 9.17) is 11.5 Å². The normalized spacial score (nSPS) is 11.3. The summed E-state index contributed by atoms with van der Waals surface area (Å²) in [4.78, 5) is 34.4. The predicted octanol–water partition coefficient (Wildman–Crippen LogP) is 1.52. The molecule has 7 heteroatoms. The average molecular weight is 326 g/mol. The van der Waals surface area contributed by atoms with Crippen molar-refractivity contribution in [1.82, 2.24) is 5.32 Å². The lowest BCUT2D eigenvalue weighted by Crippen LogP contribution is -2.35. The largest absolute Gasteiger partial charge is 0.366 e. The van der Waals surface area contributed by atoms with Gasteiger partial charge in [-0.25, -0.2) is 4.79 Å². The van der Waals surface area contributed by atoms with Gasteiger partial charge in [0.05, 0.1) is 12.5 Å². The molecule has 0 saturated heterocycles. The second kappa shape index (κ2) is 7.77. The highest BCUT2D eigenvalue weighted by atomic mass is 16.2. The zero-order chi connectivity index (χ0) is 17.5. The summed E-state index contributed by atoms with van der Waals surface area (Å²) in [6.07, 6.45) is 0.0184. The molecule has 24 heavy (non-hydrogen) atoms. The van der Waals surface area contributed by atoms with Crippen LogP contribution in [0.15, 0.2) is 54.6 Å². The molecule has 0 aliphatic heterocycles. The Balaban J connectivity index is 2.04. The van der Waals surface area contributed by atoms with Gasteiger partial charge >= 0.3 is 6.03 Å². The van der Waals surface area contributed by atoms with Crippen LogP contribution in [0, 0.1) is 0 Å². The van der Waals surface area contributed by atoms with Crippen LogP contribution < -0.4 is 22.1 Å². The molecule has 0 saturated carbocycles. The van der Waals surface area contributed by atoms with Crippen molar-refractivity contribution >= 4 is 23.5 Å². The van der Waals surface area contributed by atoms with Gasteiger partial charge in [0.25, 0.3) is 0 Å². The Kier molecular flexibility index (Phi) is 5.51. The molecule has 0 aliphatic carbocycles. The molecule has 7 nitrogen and oxygen atoms in total. The molecule has 0 aromatic heterocycles. The van der Waals surface area contributed by atoms with Gasteiger partial charge in [-0.05, 0) is 29.8 Å². The maximum absolute atomic E-state index is 12.2. The highest BCUT2D eigenvalue weighted by Crippen LogP contribution is 2.18. The van der Waals surface area contributed by atoms with Crippen molar-refractivity contribution in [2.75, 3.05) is 5.32 Å². The van der Waals surface area contributed by atoms with E-state index in [0.717, 1.165) is 5.56 Å². The molecule has 2 aromatic carbocycles. The second-order valence-electron chi connectivity index (χ2n) is 5.17. The summed E-state index contributed by atoms with van der Waals surface area (Å²) in [7, 11) is 0. The van der Waals surface area contributed by atoms with Crippen LogP contribution in [0.2, 0.25) is 0 Å². The van der Waals surface area contributed by atoms with Crippen molar-refractivity contribution in [3.05, 3.63) is 65.7 Å². The number of carbonyl (C=O) groups excluding carboxylic acids is 3. The number of carbonyl (C=O) groups is 3. The summed E-state index contributed by atoms with van der Waals surface area (Å²) in [6, 6.07) is 14.0. The molecule has 0 heterocycles. The van der Waals surface area contributed by atoms with Gasteiger partial charge in [-0.15, -0.1) is 0 Å². The van der Waals surface area contributed by atoms with E-state index < -0.39 is 18.0 Å². The maximum Gasteiger partial charge on any atom is 0.312 e. The van der Waals surface area contributed by atoms with E-state index in [2.05, 4.69) is 10.6 Å². The van der Waals surface area contributed by atoms with Gasteiger partial charge in [-0.3, -0.25) is 9.59 Å². The van der Waals surface area contributed by atoms with Crippen LogP contribution in [0.3, 0.4) is 0 Å². The van der Waals surface area contributed by atoms with Crippen LogP contribution in [0.4, 0.5) is 10.5 Å². The first-order valence-electron chi connectivity index (χ1n) is 7.26. The van der Waals surface area contributed by atoms with Gasteiger partial charge in [-0.2, -0.15) is 0 Å². The number of urea groups is 1. The minimum absolute atomic E-state index is 0.0184. The number of benzene rings is 2. The van der Waals surface area contributed by atoms with E-state index in [9.17, 15) is 14.4 Å². The minimum Gasteiger partial charge on any atom is -0.366 e. The van der Waals surface area contributed by atoms with Gasteiger partial charge in [0.1, 0.15) is 0 Å². The Bertz CT molecular complexity index is 729. The molecular formula is C17H18N4O3. The quantitative estimate of drug-likeness (QED) is 0.642. The average Bonchev–Trinajstić information content (AvgIpc) is 2.55. The van der Waals surface area contributed by atoms with Crippen LogP contribution in [0.25, 0.3) is 0 Å². The van der Waals surface area contributed by atoms with Gasteiger partial charge in [-0.1, -0.05) is 30.3 Å². The molecule has 1 atom stereocenters. The molecule has 0 bridgehead atoms. The summed E-state index contributed by atoms with van der Waals surface area (Å²) in [6.45, 7) is 0. The fraction of sp³-hybridized carbons (Fsp3) is 0.118. The van der Waals surface area contributed by atoms with Crippen molar-refractivity contribution in [1.29, 1.82) is 0 Å². The molecule has 4 amide bonds. The maximum atomic E-state index is 12.2. The first kappa shape index (κ1) is 17.0. The molecule has 6 N–H and O–H groups in total. The Morgan fingerprint density at radius 3 is 2.08 bits per heavy atom. The third-order valence-corrected chi connectivity index (χ3v) is 3.36. The lowest BCUT2D eigenvalue weighted by atomic mass is 10.0. The van der Waals surface area contributed by atoms with Crippen molar-refractivity contribution < 1.29 is 14.4 Å². The molecule has 0 fully saturated rings. The van der Waals surface area contributed by atoms with Crippen molar-refractivity contribution in [2.45, 2.75) is 12.5 Å². The molecule has 0 aliphatic rings. The number of amides is 4. The SMILES string of the molecule is NC(=O)NC(CC(=O)Nc1ccc(C(N)=O)cc1)c1ccccc1. The van der Waals surface area contributed by atoms with Crippen LogP contribution in [0.1, 0.15) is 28.4 Å². The number of rotatable bonds is 6. The number of anilines is 1. The van der Waals surface area contributed by atoms with Gasteiger partial charge in [0.15, 0.2) is 0 Å². The summed E-state index contributed by atoms with van der Waals surface area (Å²) >= 11 is 0. The number of hydrogen-bond acceptors (Lipinski definition) is 3. The molecule has 2 aromatic rings. The zero-order valence-corrected chi connectivity index (χ0v) is 12.9. The number of primary amides is 2. The summed E-state index contributed by atoms with van der Waals surface area (Å²) < 4.78 is 0. The van der Waals surface area contributed by atoms with Crippen molar-refractivity contribution in [3.63, 3.8) is 0 Å². The molecule has 1 unspecified atom stereocenters. The lowest BCUT2D eigenvalue weighted by Gasteiger charge is -2.17. The Morgan fingerprint density at radius 2 is 1.54 bits per heavy atom. The Morgan fingerprint density at radius 1 is 0.917 bits per heavy atom. The van der Waals surface area contributed by atoms with Crippen molar-refractivity contribution in [3.8, 4) is 0 Å². The molecule has 0 spiro atoms. The number of hydrogen-bond donors (Lipinski definition) is 4. The number of nitrogens with two attached hydrogens (primary N) is 2. The minimum atomic E-state index is -0.706. The number of nitrogens with one attached hydrogen (secondary N) is 2. The van der Waals surface area contributed by atoms with Crippen molar-refractivity contribution in [2.24, 2.45) is 11.5 Å². The van der Waals surface area contributed by atoms with E-state index >= 15 is 0 Å².